The molecule has 2 aromatic heterocycles. The van der Waals surface area contributed by atoms with Crippen LogP contribution in [-0.2, 0) is 16.1 Å². The Hall–Kier alpha value is -4.15. The van der Waals surface area contributed by atoms with Crippen LogP contribution in [0.5, 0.6) is 5.95 Å². The van der Waals surface area contributed by atoms with Crippen molar-refractivity contribution < 1.29 is 28.3 Å². The molecule has 2 aromatic carbocycles. The maximum Gasteiger partial charge on any atom is 0.311 e. The van der Waals surface area contributed by atoms with E-state index in [9.17, 15) is 14.7 Å². The highest BCUT2D eigenvalue weighted by Gasteiger charge is 2.40. The maximum atomic E-state index is 16.0. The van der Waals surface area contributed by atoms with Gasteiger partial charge in [0.15, 0.2) is 0 Å². The minimum atomic E-state index is -1.17. The minimum Gasteiger partial charge on any atom is -0.467 e. The number of β-amino-alcohol motifs (C(OH)–C–C–N with tert-alkyl or cyclic N) is 1. The highest BCUT2D eigenvalue weighted by molar-refractivity contribution is 6.01. The Balaban J connectivity index is 1.18. The summed E-state index contributed by atoms with van der Waals surface area (Å²) in [7, 11) is 1.52. The van der Waals surface area contributed by atoms with Crippen molar-refractivity contribution in [1.29, 1.82) is 0 Å². The fourth-order valence-corrected chi connectivity index (χ4v) is 6.09. The predicted octanol–water partition coefficient (Wildman–Crippen LogP) is 4.30. The largest absolute Gasteiger partial charge is 0.467 e. The third kappa shape index (κ3) is 5.32. The molecule has 4 heterocycles. The molecule has 2 aliphatic rings. The van der Waals surface area contributed by atoms with Gasteiger partial charge in [0, 0.05) is 42.6 Å². The average molecular weight is 559 g/mol. The number of aliphatic hydroxyl groups is 1. The molecule has 0 spiro atoms. The van der Waals surface area contributed by atoms with Gasteiger partial charge in [-0.2, -0.15) is 0 Å². The van der Waals surface area contributed by atoms with Crippen molar-refractivity contribution in [3.8, 4) is 17.2 Å². The molecule has 4 aromatic rings. The number of hydrogen-bond donors (Lipinski definition) is 2. The molecule has 2 saturated heterocycles. The van der Waals surface area contributed by atoms with E-state index in [1.165, 1.54) is 7.11 Å². The molecule has 10 heteroatoms. The molecule has 2 aliphatic heterocycles. The number of carbonyl (C=O) groups excluding carboxylic acids is 2. The molecule has 0 bridgehead atoms. The Labute approximate surface area is 236 Å². The van der Waals surface area contributed by atoms with E-state index in [0.29, 0.717) is 66.1 Å². The number of aromatic nitrogens is 2. The number of carbonyl (C=O) groups is 2. The van der Waals surface area contributed by atoms with E-state index in [4.69, 9.17) is 9.26 Å². The number of likely N-dealkylation sites (tertiary alicyclic amines) is 1. The lowest BCUT2D eigenvalue weighted by atomic mass is 9.77. The van der Waals surface area contributed by atoms with Crippen LogP contribution in [0.15, 0.2) is 59.3 Å². The molecule has 2 N–H and O–H groups in total. The Morgan fingerprint density at radius 3 is 2.68 bits per heavy atom. The van der Waals surface area contributed by atoms with Crippen LogP contribution in [0.2, 0.25) is 0 Å². The van der Waals surface area contributed by atoms with Crippen LogP contribution < -0.4 is 10.1 Å². The number of nitrogens with one attached hydrogen (secondary N) is 1. The fraction of sp³-hybridized carbons (Fsp3) is 0.355. The van der Waals surface area contributed by atoms with Crippen LogP contribution in [0, 0.1) is 5.82 Å². The third-order valence-corrected chi connectivity index (χ3v) is 8.24. The van der Waals surface area contributed by atoms with Gasteiger partial charge in [0.25, 0.3) is 0 Å². The van der Waals surface area contributed by atoms with E-state index in [-0.39, 0.29) is 18.2 Å². The minimum absolute atomic E-state index is 0.235. The van der Waals surface area contributed by atoms with Crippen LogP contribution in [0.1, 0.15) is 54.7 Å². The molecular formula is C31H31FN4O5. The lowest BCUT2D eigenvalue weighted by Gasteiger charge is -2.43. The van der Waals surface area contributed by atoms with Crippen molar-refractivity contribution in [3.05, 3.63) is 77.2 Å². The van der Waals surface area contributed by atoms with Crippen LogP contribution in [0.25, 0.3) is 22.2 Å². The van der Waals surface area contributed by atoms with Gasteiger partial charge in [-0.15, -0.1) is 0 Å². The number of fused-ring (bicyclic) bond motifs is 1. The van der Waals surface area contributed by atoms with Crippen molar-refractivity contribution in [2.75, 3.05) is 20.2 Å². The number of rotatable bonds is 6. The SMILES string of the molecule is COc1cc(-c2ccc(CN3CCC(c4ccc5ncc(C6CCC(=O)NC6=O)cc5c4F)C(C)(O)C3)cc2)no1. The standard InChI is InChI=1S/C31H31FN4O5/c1-31(39)17-36(16-18-3-5-19(6-4-18)26-14-28(40-2)41-35-26)12-11-24(31)22-7-9-25-23(29(22)32)13-20(15-33-25)21-8-10-27(37)34-30(21)38/h3-7,9,13-15,21,24,39H,8,10-12,16-17H2,1-2H3,(H,34,37,38). The van der Waals surface area contributed by atoms with Gasteiger partial charge in [-0.1, -0.05) is 35.5 Å². The highest BCUT2D eigenvalue weighted by atomic mass is 19.1. The van der Waals surface area contributed by atoms with E-state index in [1.807, 2.05) is 24.3 Å². The van der Waals surface area contributed by atoms with Gasteiger partial charge in [0.1, 0.15) is 11.5 Å². The van der Waals surface area contributed by atoms with Crippen molar-refractivity contribution in [2.45, 2.75) is 50.2 Å². The lowest BCUT2D eigenvalue weighted by Crippen LogP contribution is -2.50. The number of amides is 2. The summed E-state index contributed by atoms with van der Waals surface area (Å²) in [4.78, 5) is 30.5. The van der Waals surface area contributed by atoms with Crippen LogP contribution in [0.4, 0.5) is 4.39 Å². The first-order valence-corrected chi connectivity index (χ1v) is 13.7. The maximum absolute atomic E-state index is 16.0. The van der Waals surface area contributed by atoms with Gasteiger partial charge in [0.05, 0.1) is 30.2 Å². The van der Waals surface area contributed by atoms with E-state index in [1.54, 1.807) is 37.4 Å². The number of pyridine rings is 1. The Bertz CT molecular complexity index is 1620. The van der Waals surface area contributed by atoms with Gasteiger partial charge in [-0.25, -0.2) is 4.39 Å². The summed E-state index contributed by atoms with van der Waals surface area (Å²) in [5, 5.41) is 18.2. The highest BCUT2D eigenvalue weighted by Crippen LogP contribution is 2.40. The molecule has 0 aliphatic carbocycles. The normalized spacial score (nSPS) is 23.5. The zero-order chi connectivity index (χ0) is 28.7. The van der Waals surface area contributed by atoms with E-state index < -0.39 is 23.3 Å². The second kappa shape index (κ2) is 10.7. The van der Waals surface area contributed by atoms with E-state index >= 15 is 4.39 Å². The topological polar surface area (TPSA) is 118 Å². The van der Waals surface area contributed by atoms with Crippen molar-refractivity contribution >= 4 is 22.7 Å². The summed E-state index contributed by atoms with van der Waals surface area (Å²) in [6, 6.07) is 14.8. The van der Waals surface area contributed by atoms with Crippen molar-refractivity contribution in [2.24, 2.45) is 0 Å². The number of imide groups is 1. The molecule has 212 valence electrons. The fourth-order valence-electron chi connectivity index (χ4n) is 6.09. The summed E-state index contributed by atoms with van der Waals surface area (Å²) < 4.78 is 26.2. The van der Waals surface area contributed by atoms with Crippen molar-refractivity contribution in [3.63, 3.8) is 0 Å². The van der Waals surface area contributed by atoms with Crippen LogP contribution in [-0.4, -0.2) is 57.8 Å². The molecule has 3 atom stereocenters. The predicted molar refractivity (Wildman–Crippen MR) is 149 cm³/mol. The molecule has 0 saturated carbocycles. The summed E-state index contributed by atoms with van der Waals surface area (Å²) in [6.45, 7) is 3.47. The number of piperidine rings is 2. The second-order valence-electron chi connectivity index (χ2n) is 11.1. The Morgan fingerprint density at radius 1 is 1.17 bits per heavy atom. The summed E-state index contributed by atoms with van der Waals surface area (Å²) in [5.41, 5.74) is 3.01. The number of hydrogen-bond acceptors (Lipinski definition) is 8. The van der Waals surface area contributed by atoms with Gasteiger partial charge in [0.2, 0.25) is 11.8 Å². The zero-order valence-corrected chi connectivity index (χ0v) is 22.9. The van der Waals surface area contributed by atoms with Gasteiger partial charge in [-0.3, -0.25) is 24.8 Å². The molecule has 2 amide bonds. The van der Waals surface area contributed by atoms with Crippen LogP contribution in [0.3, 0.4) is 0 Å². The zero-order valence-electron chi connectivity index (χ0n) is 22.9. The molecule has 41 heavy (non-hydrogen) atoms. The number of nitrogens with zero attached hydrogens (tertiary/aromatic N) is 3. The monoisotopic (exact) mass is 558 g/mol. The average Bonchev–Trinajstić information content (AvgIpc) is 3.43. The van der Waals surface area contributed by atoms with Gasteiger partial charge < -0.3 is 14.4 Å². The quantitative estimate of drug-likeness (QED) is 0.337. The summed E-state index contributed by atoms with van der Waals surface area (Å²) >= 11 is 0. The molecular weight excluding hydrogens is 527 g/mol. The van der Waals surface area contributed by atoms with Gasteiger partial charge in [-0.05, 0) is 55.1 Å². The van der Waals surface area contributed by atoms with Crippen molar-refractivity contribution in [1.82, 2.24) is 20.4 Å². The second-order valence-corrected chi connectivity index (χ2v) is 11.1. The number of ether oxygens (including phenoxy) is 1. The van der Waals surface area contributed by atoms with E-state index in [2.05, 4.69) is 20.4 Å². The first-order valence-electron chi connectivity index (χ1n) is 13.7. The smallest absolute Gasteiger partial charge is 0.311 e. The molecule has 6 rings (SSSR count). The first kappa shape index (κ1) is 27.0. The molecule has 0 radical (unpaired) electrons. The molecule has 9 nitrogen and oxygen atoms in total. The lowest BCUT2D eigenvalue weighted by molar-refractivity contribution is -0.134. The van der Waals surface area contributed by atoms with Crippen LogP contribution >= 0.6 is 0 Å². The third-order valence-electron chi connectivity index (χ3n) is 8.24. The molecule has 2 fully saturated rings. The number of methoxy groups -OCH3 is 1. The Morgan fingerprint density at radius 2 is 1.98 bits per heavy atom. The van der Waals surface area contributed by atoms with E-state index in [0.717, 1.165) is 11.1 Å². The Kier molecular flexibility index (Phi) is 7.04. The summed E-state index contributed by atoms with van der Waals surface area (Å²) in [6.07, 6.45) is 2.75. The molecule has 3 unspecified atom stereocenters. The first-order chi connectivity index (χ1) is 19.7. The number of halogens is 1. The number of benzene rings is 2. The summed E-state index contributed by atoms with van der Waals surface area (Å²) in [5.74, 6) is -1.72. The van der Waals surface area contributed by atoms with Gasteiger partial charge >= 0.3 is 5.95 Å².